The lowest BCUT2D eigenvalue weighted by molar-refractivity contribution is -0.120. The van der Waals surface area contributed by atoms with Crippen LogP contribution in [0.3, 0.4) is 0 Å². The van der Waals surface area contributed by atoms with Gasteiger partial charge in [-0.25, -0.2) is 26.7 Å². The lowest BCUT2D eigenvalue weighted by Crippen LogP contribution is -2.31. The van der Waals surface area contributed by atoms with Crippen molar-refractivity contribution in [3.63, 3.8) is 0 Å². The summed E-state index contributed by atoms with van der Waals surface area (Å²) in [6.45, 7) is 2.20. The monoisotopic (exact) mass is 425 g/mol. The Labute approximate surface area is 165 Å². The van der Waals surface area contributed by atoms with Gasteiger partial charge in [-0.3, -0.25) is 4.79 Å². The second kappa shape index (κ2) is 9.28. The number of aryl methyl sites for hydroxylation is 1. The highest BCUT2D eigenvalue weighted by molar-refractivity contribution is 7.89. The van der Waals surface area contributed by atoms with E-state index < -0.39 is 20.0 Å². The molecule has 2 aromatic carbocycles. The fraction of sp³-hybridized carbons (Fsp3) is 0.278. The molecule has 0 bridgehead atoms. The summed E-state index contributed by atoms with van der Waals surface area (Å²) < 4.78 is 49.0. The zero-order valence-electron chi connectivity index (χ0n) is 15.4. The highest BCUT2D eigenvalue weighted by Crippen LogP contribution is 2.10. The van der Waals surface area contributed by atoms with E-state index in [0.717, 1.165) is 11.1 Å². The van der Waals surface area contributed by atoms with Gasteiger partial charge in [0.15, 0.2) is 0 Å². The number of nitrogens with one attached hydrogen (secondary N) is 2. The van der Waals surface area contributed by atoms with Gasteiger partial charge in [0.25, 0.3) is 0 Å². The second-order valence-electron chi connectivity index (χ2n) is 6.25. The molecule has 0 spiro atoms. The molecule has 2 aromatic rings. The predicted molar refractivity (Wildman–Crippen MR) is 106 cm³/mol. The SMILES string of the molecule is Cc1ccc(S(=O)(=O)NCCC(=O)NCCc2ccc(S(N)(=O)=O)cc2)cc1. The van der Waals surface area contributed by atoms with Gasteiger partial charge in [-0.05, 0) is 43.2 Å². The van der Waals surface area contributed by atoms with Gasteiger partial charge < -0.3 is 5.32 Å². The number of carbonyl (C=O) groups excluding carboxylic acids is 1. The molecule has 0 radical (unpaired) electrons. The molecule has 0 heterocycles. The summed E-state index contributed by atoms with van der Waals surface area (Å²) >= 11 is 0. The summed E-state index contributed by atoms with van der Waals surface area (Å²) in [6.07, 6.45) is 0.515. The highest BCUT2D eigenvalue weighted by atomic mass is 32.2. The van der Waals surface area contributed by atoms with Gasteiger partial charge >= 0.3 is 0 Å². The van der Waals surface area contributed by atoms with E-state index in [9.17, 15) is 21.6 Å². The van der Waals surface area contributed by atoms with Crippen molar-refractivity contribution in [1.29, 1.82) is 0 Å². The maximum atomic E-state index is 12.1. The number of sulfonamides is 2. The average Bonchev–Trinajstić information content (AvgIpc) is 2.61. The van der Waals surface area contributed by atoms with Crippen molar-refractivity contribution in [3.8, 4) is 0 Å². The van der Waals surface area contributed by atoms with Crippen LogP contribution >= 0.6 is 0 Å². The quantitative estimate of drug-likeness (QED) is 0.543. The van der Waals surface area contributed by atoms with E-state index in [0.29, 0.717) is 13.0 Å². The first-order chi connectivity index (χ1) is 13.1. The molecule has 0 aliphatic heterocycles. The molecule has 10 heteroatoms. The molecule has 4 N–H and O–H groups in total. The first-order valence-electron chi connectivity index (χ1n) is 8.53. The van der Waals surface area contributed by atoms with E-state index in [1.165, 1.54) is 24.3 Å². The molecule has 0 unspecified atom stereocenters. The molecule has 0 aromatic heterocycles. The molecule has 0 aliphatic rings. The summed E-state index contributed by atoms with van der Waals surface area (Å²) in [6, 6.07) is 12.5. The van der Waals surface area contributed by atoms with Crippen LogP contribution in [0.1, 0.15) is 17.5 Å². The Bertz CT molecular complexity index is 1020. The zero-order valence-corrected chi connectivity index (χ0v) is 17.0. The molecule has 0 atom stereocenters. The van der Waals surface area contributed by atoms with Crippen LogP contribution in [0.5, 0.6) is 0 Å². The van der Waals surface area contributed by atoms with Crippen molar-refractivity contribution in [3.05, 3.63) is 59.7 Å². The fourth-order valence-corrected chi connectivity index (χ4v) is 3.93. The van der Waals surface area contributed by atoms with Gasteiger partial charge in [-0.15, -0.1) is 0 Å². The summed E-state index contributed by atoms with van der Waals surface area (Å²) in [5.74, 6) is -0.284. The lowest BCUT2D eigenvalue weighted by Gasteiger charge is -2.08. The summed E-state index contributed by atoms with van der Waals surface area (Å²) in [5, 5.41) is 7.73. The Morgan fingerprint density at radius 1 is 0.893 bits per heavy atom. The standard InChI is InChI=1S/C18H23N3O5S2/c1-14-2-6-17(7-3-14)28(25,26)21-13-11-18(22)20-12-10-15-4-8-16(9-5-15)27(19,23)24/h2-9,21H,10-13H2,1H3,(H,20,22)(H2,19,23,24). The number of benzene rings is 2. The van der Waals surface area contributed by atoms with Crippen LogP contribution in [0, 0.1) is 6.92 Å². The zero-order chi connectivity index (χ0) is 20.8. The molecular weight excluding hydrogens is 402 g/mol. The number of hydrogen-bond donors (Lipinski definition) is 3. The third kappa shape index (κ3) is 6.71. The summed E-state index contributed by atoms with van der Waals surface area (Å²) in [5.41, 5.74) is 1.80. The minimum absolute atomic E-state index is 0.00883. The van der Waals surface area contributed by atoms with Crippen molar-refractivity contribution < 1.29 is 21.6 Å². The van der Waals surface area contributed by atoms with Crippen molar-refractivity contribution >= 4 is 26.0 Å². The lowest BCUT2D eigenvalue weighted by atomic mass is 10.1. The maximum absolute atomic E-state index is 12.1. The Kier molecular flexibility index (Phi) is 7.30. The first-order valence-corrected chi connectivity index (χ1v) is 11.6. The van der Waals surface area contributed by atoms with E-state index in [2.05, 4.69) is 10.0 Å². The van der Waals surface area contributed by atoms with E-state index in [1.807, 2.05) is 6.92 Å². The van der Waals surface area contributed by atoms with E-state index in [-0.39, 0.29) is 28.7 Å². The van der Waals surface area contributed by atoms with Gasteiger partial charge in [0.2, 0.25) is 26.0 Å². The molecule has 0 fully saturated rings. The van der Waals surface area contributed by atoms with Crippen LogP contribution in [-0.2, 0) is 31.3 Å². The number of carbonyl (C=O) groups is 1. The third-order valence-corrected chi connectivity index (χ3v) is 6.37. The molecule has 152 valence electrons. The van der Waals surface area contributed by atoms with E-state index in [4.69, 9.17) is 5.14 Å². The van der Waals surface area contributed by atoms with Gasteiger partial charge in [0.1, 0.15) is 0 Å². The predicted octanol–water partition coefficient (Wildman–Crippen LogP) is 0.670. The molecule has 8 nitrogen and oxygen atoms in total. The van der Waals surface area contributed by atoms with Gasteiger partial charge in [0.05, 0.1) is 9.79 Å². The molecular formula is C18H23N3O5S2. The number of primary sulfonamides is 1. The average molecular weight is 426 g/mol. The normalized spacial score (nSPS) is 11.9. The minimum atomic E-state index is -3.72. The van der Waals surface area contributed by atoms with Crippen LogP contribution in [0.25, 0.3) is 0 Å². The smallest absolute Gasteiger partial charge is 0.240 e. The number of rotatable bonds is 9. The van der Waals surface area contributed by atoms with Crippen LogP contribution in [0.15, 0.2) is 58.3 Å². The summed E-state index contributed by atoms with van der Waals surface area (Å²) in [7, 11) is -7.37. The van der Waals surface area contributed by atoms with Gasteiger partial charge in [0, 0.05) is 19.5 Å². The van der Waals surface area contributed by atoms with Crippen molar-refractivity contribution in [2.24, 2.45) is 5.14 Å². The van der Waals surface area contributed by atoms with Crippen LogP contribution in [-0.4, -0.2) is 35.8 Å². The topological polar surface area (TPSA) is 135 Å². The number of amides is 1. The molecule has 1 amide bonds. The van der Waals surface area contributed by atoms with E-state index >= 15 is 0 Å². The first kappa shape index (κ1) is 22.0. The number of hydrogen-bond acceptors (Lipinski definition) is 5. The highest BCUT2D eigenvalue weighted by Gasteiger charge is 2.13. The van der Waals surface area contributed by atoms with Crippen molar-refractivity contribution in [2.45, 2.75) is 29.6 Å². The Balaban J connectivity index is 1.73. The summed E-state index contributed by atoms with van der Waals surface area (Å²) in [4.78, 5) is 12.0. The van der Waals surface area contributed by atoms with E-state index in [1.54, 1.807) is 24.3 Å². The fourth-order valence-electron chi connectivity index (χ4n) is 2.38. The Morgan fingerprint density at radius 3 is 2.04 bits per heavy atom. The minimum Gasteiger partial charge on any atom is -0.356 e. The van der Waals surface area contributed by atoms with Gasteiger partial charge in [-0.1, -0.05) is 29.8 Å². The molecule has 0 aliphatic carbocycles. The molecule has 0 saturated carbocycles. The van der Waals surface area contributed by atoms with Gasteiger partial charge in [-0.2, -0.15) is 0 Å². The molecule has 2 rings (SSSR count). The van der Waals surface area contributed by atoms with Crippen LogP contribution in [0.4, 0.5) is 0 Å². The second-order valence-corrected chi connectivity index (χ2v) is 9.58. The van der Waals surface area contributed by atoms with Crippen molar-refractivity contribution in [1.82, 2.24) is 10.0 Å². The van der Waals surface area contributed by atoms with Crippen molar-refractivity contribution in [2.75, 3.05) is 13.1 Å². The van der Waals surface area contributed by atoms with Crippen LogP contribution < -0.4 is 15.2 Å². The molecule has 28 heavy (non-hydrogen) atoms. The maximum Gasteiger partial charge on any atom is 0.240 e. The third-order valence-electron chi connectivity index (χ3n) is 3.96. The largest absolute Gasteiger partial charge is 0.356 e. The Morgan fingerprint density at radius 2 is 1.46 bits per heavy atom. The number of nitrogens with two attached hydrogens (primary N) is 1. The Hall–Kier alpha value is -2.27. The molecule has 0 saturated heterocycles. The van der Waals surface area contributed by atoms with Crippen LogP contribution in [0.2, 0.25) is 0 Å².